The van der Waals surface area contributed by atoms with Gasteiger partial charge < -0.3 is 19.1 Å². The molecule has 0 aliphatic heterocycles. The van der Waals surface area contributed by atoms with Gasteiger partial charge in [0.2, 0.25) is 5.91 Å². The third kappa shape index (κ3) is 10.4. The number of amides is 1. The molecule has 1 amide bonds. The predicted molar refractivity (Wildman–Crippen MR) is 144 cm³/mol. The van der Waals surface area contributed by atoms with E-state index in [-0.39, 0.29) is 18.5 Å². The summed E-state index contributed by atoms with van der Waals surface area (Å²) in [4.78, 5) is 26.0. The normalized spacial score (nSPS) is 10.5. The van der Waals surface area contributed by atoms with Crippen LogP contribution in [0.15, 0.2) is 78.9 Å². The van der Waals surface area contributed by atoms with E-state index in [1.165, 1.54) is 5.56 Å². The summed E-state index contributed by atoms with van der Waals surface area (Å²) in [5, 5.41) is 0. The van der Waals surface area contributed by atoms with Crippen LogP contribution < -0.4 is 9.47 Å². The van der Waals surface area contributed by atoms with Crippen molar-refractivity contribution >= 4 is 11.9 Å². The van der Waals surface area contributed by atoms with E-state index >= 15 is 0 Å². The van der Waals surface area contributed by atoms with Gasteiger partial charge in [0.05, 0.1) is 13.2 Å². The molecular weight excluding hydrogens is 466 g/mol. The number of rotatable bonds is 15. The van der Waals surface area contributed by atoms with E-state index < -0.39 is 0 Å². The Morgan fingerprint density at radius 3 is 2.05 bits per heavy atom. The van der Waals surface area contributed by atoms with Gasteiger partial charge in [-0.2, -0.15) is 0 Å². The molecule has 0 aliphatic carbocycles. The third-order valence-corrected chi connectivity index (χ3v) is 5.91. The van der Waals surface area contributed by atoms with E-state index in [1.54, 1.807) is 6.92 Å². The van der Waals surface area contributed by atoms with Gasteiger partial charge in [-0.15, -0.1) is 0 Å². The molecule has 0 unspecified atom stereocenters. The summed E-state index contributed by atoms with van der Waals surface area (Å²) < 4.78 is 16.5. The van der Waals surface area contributed by atoms with Crippen LogP contribution >= 0.6 is 0 Å². The number of hydrogen-bond donors (Lipinski definition) is 0. The molecule has 0 aromatic heterocycles. The largest absolute Gasteiger partial charge is 0.494 e. The van der Waals surface area contributed by atoms with Crippen molar-refractivity contribution in [2.45, 2.75) is 52.7 Å². The molecule has 6 nitrogen and oxygen atoms in total. The molecule has 0 spiro atoms. The number of ether oxygens (including phenoxy) is 3. The summed E-state index contributed by atoms with van der Waals surface area (Å²) >= 11 is 0. The van der Waals surface area contributed by atoms with Gasteiger partial charge in [0, 0.05) is 26.4 Å². The lowest BCUT2D eigenvalue weighted by molar-refractivity contribution is -0.145. The molecule has 0 heterocycles. The Morgan fingerprint density at radius 2 is 1.41 bits per heavy atom. The number of carbonyl (C=O) groups excluding carboxylic acids is 2. The minimum Gasteiger partial charge on any atom is -0.494 e. The number of carbonyl (C=O) groups is 2. The second-order valence-corrected chi connectivity index (χ2v) is 8.86. The molecule has 37 heavy (non-hydrogen) atoms. The summed E-state index contributed by atoms with van der Waals surface area (Å²) in [6.07, 6.45) is 2.75. The maximum absolute atomic E-state index is 12.1. The van der Waals surface area contributed by atoms with Crippen molar-refractivity contribution in [3.05, 3.63) is 95.6 Å². The van der Waals surface area contributed by atoms with Gasteiger partial charge >= 0.3 is 5.97 Å². The first-order valence-corrected chi connectivity index (χ1v) is 12.9. The molecule has 0 atom stereocenters. The van der Waals surface area contributed by atoms with Crippen LogP contribution in [0.2, 0.25) is 0 Å². The van der Waals surface area contributed by atoms with E-state index in [9.17, 15) is 9.59 Å². The zero-order valence-corrected chi connectivity index (χ0v) is 21.9. The predicted octanol–water partition coefficient (Wildman–Crippen LogP) is 5.97. The van der Waals surface area contributed by atoms with Crippen molar-refractivity contribution < 1.29 is 23.8 Å². The van der Waals surface area contributed by atoms with E-state index in [2.05, 4.69) is 12.1 Å². The van der Waals surface area contributed by atoms with Crippen molar-refractivity contribution in [2.75, 3.05) is 19.8 Å². The van der Waals surface area contributed by atoms with Gasteiger partial charge in [-0.3, -0.25) is 9.59 Å². The summed E-state index contributed by atoms with van der Waals surface area (Å²) in [7, 11) is 0. The lowest BCUT2D eigenvalue weighted by Crippen LogP contribution is -2.29. The minimum absolute atomic E-state index is 0.0720. The molecule has 0 bridgehead atoms. The van der Waals surface area contributed by atoms with Gasteiger partial charge in [0.1, 0.15) is 18.1 Å². The topological polar surface area (TPSA) is 65.1 Å². The molecule has 0 fully saturated rings. The number of aryl methyl sites for hydroxylation is 1. The van der Waals surface area contributed by atoms with Crippen LogP contribution in [0, 0.1) is 0 Å². The number of benzene rings is 3. The standard InChI is InChI=1S/C31H37NO5/c1-3-35-29-19-15-28(16-20-29)24-37-31(34)12-8-22-36-30-17-13-27(14-18-30)23-32(25(2)33)21-7-11-26-9-5-4-6-10-26/h4-6,9-10,13-20H,3,7-8,11-12,21-24H2,1-2H3. The van der Waals surface area contributed by atoms with Crippen molar-refractivity contribution in [3.8, 4) is 11.5 Å². The Labute approximate surface area is 220 Å². The lowest BCUT2D eigenvalue weighted by Gasteiger charge is -2.21. The number of hydrogen-bond acceptors (Lipinski definition) is 5. The summed E-state index contributed by atoms with van der Waals surface area (Å²) in [6.45, 7) is 6.14. The second-order valence-electron chi connectivity index (χ2n) is 8.86. The van der Waals surface area contributed by atoms with E-state index in [1.807, 2.05) is 78.6 Å². The fourth-order valence-corrected chi connectivity index (χ4v) is 3.87. The van der Waals surface area contributed by atoms with Crippen LogP contribution in [-0.2, 0) is 33.9 Å². The van der Waals surface area contributed by atoms with Crippen LogP contribution in [0.4, 0.5) is 0 Å². The highest BCUT2D eigenvalue weighted by molar-refractivity contribution is 5.73. The van der Waals surface area contributed by atoms with Crippen molar-refractivity contribution in [2.24, 2.45) is 0 Å². The zero-order valence-electron chi connectivity index (χ0n) is 21.9. The van der Waals surface area contributed by atoms with Crippen molar-refractivity contribution in [1.29, 1.82) is 0 Å². The van der Waals surface area contributed by atoms with Gasteiger partial charge in [0.15, 0.2) is 0 Å². The molecular formula is C31H37NO5. The van der Waals surface area contributed by atoms with Crippen LogP contribution in [0.25, 0.3) is 0 Å². The number of esters is 1. The highest BCUT2D eigenvalue weighted by Crippen LogP contribution is 2.16. The molecule has 3 aromatic rings. The molecule has 0 N–H and O–H groups in total. The van der Waals surface area contributed by atoms with Crippen LogP contribution in [-0.4, -0.2) is 36.5 Å². The first-order valence-electron chi connectivity index (χ1n) is 12.9. The summed E-state index contributed by atoms with van der Waals surface area (Å²) in [6, 6.07) is 25.6. The smallest absolute Gasteiger partial charge is 0.306 e. The summed E-state index contributed by atoms with van der Waals surface area (Å²) in [5.41, 5.74) is 3.27. The second kappa shape index (κ2) is 15.3. The highest BCUT2D eigenvalue weighted by Gasteiger charge is 2.10. The SMILES string of the molecule is CCOc1ccc(COC(=O)CCCOc2ccc(CN(CCCc3ccccc3)C(C)=O)cc2)cc1. The van der Waals surface area contributed by atoms with E-state index in [4.69, 9.17) is 14.2 Å². The van der Waals surface area contributed by atoms with Crippen molar-refractivity contribution in [3.63, 3.8) is 0 Å². The molecule has 0 saturated heterocycles. The monoisotopic (exact) mass is 503 g/mol. The Hall–Kier alpha value is -3.80. The van der Waals surface area contributed by atoms with Crippen molar-refractivity contribution in [1.82, 2.24) is 4.90 Å². The molecule has 3 aromatic carbocycles. The van der Waals surface area contributed by atoms with Crippen LogP contribution in [0.5, 0.6) is 11.5 Å². The van der Waals surface area contributed by atoms with E-state index in [0.717, 1.165) is 42.0 Å². The Kier molecular flexibility index (Phi) is 11.5. The maximum Gasteiger partial charge on any atom is 0.306 e. The van der Waals surface area contributed by atoms with Crippen LogP contribution in [0.1, 0.15) is 49.8 Å². The lowest BCUT2D eigenvalue weighted by atomic mass is 10.1. The Balaban J connectivity index is 1.32. The Bertz CT molecular complexity index is 1080. The van der Waals surface area contributed by atoms with Gasteiger partial charge in [-0.1, -0.05) is 54.6 Å². The fourth-order valence-electron chi connectivity index (χ4n) is 3.87. The van der Waals surface area contributed by atoms with Gasteiger partial charge in [-0.05, 0) is 67.1 Å². The van der Waals surface area contributed by atoms with Gasteiger partial charge in [-0.25, -0.2) is 0 Å². The van der Waals surface area contributed by atoms with E-state index in [0.29, 0.717) is 32.6 Å². The maximum atomic E-state index is 12.1. The molecule has 0 aliphatic rings. The minimum atomic E-state index is -0.246. The number of nitrogens with zero attached hydrogens (tertiary/aromatic N) is 1. The fraction of sp³-hybridized carbons (Fsp3) is 0.355. The molecule has 0 saturated carbocycles. The Morgan fingerprint density at radius 1 is 0.757 bits per heavy atom. The summed E-state index contributed by atoms with van der Waals surface area (Å²) in [5.74, 6) is 1.37. The quantitative estimate of drug-likeness (QED) is 0.189. The average Bonchev–Trinajstić information content (AvgIpc) is 2.91. The molecule has 196 valence electrons. The average molecular weight is 504 g/mol. The first kappa shape index (κ1) is 27.8. The third-order valence-electron chi connectivity index (χ3n) is 5.91. The molecule has 6 heteroatoms. The zero-order chi connectivity index (χ0) is 26.3. The first-order chi connectivity index (χ1) is 18.0. The van der Waals surface area contributed by atoms with Crippen LogP contribution in [0.3, 0.4) is 0 Å². The molecule has 3 rings (SSSR count). The van der Waals surface area contributed by atoms with Gasteiger partial charge in [0.25, 0.3) is 0 Å². The molecule has 0 radical (unpaired) electrons. The highest BCUT2D eigenvalue weighted by atomic mass is 16.5.